The monoisotopic (exact) mass is 1150 g/mol. The third kappa shape index (κ3) is 14.3. The van der Waals surface area contributed by atoms with Crippen LogP contribution in [0.5, 0.6) is 23.0 Å². The molecule has 6 aromatic heterocycles. The van der Waals surface area contributed by atoms with Crippen LogP contribution in [0.25, 0.3) is 22.3 Å². The van der Waals surface area contributed by atoms with E-state index in [9.17, 15) is 28.0 Å². The zero-order chi connectivity index (χ0) is 58.4. The molecule has 6 heterocycles. The van der Waals surface area contributed by atoms with Crippen LogP contribution in [-0.4, -0.2) is 56.8 Å². The molecule has 0 aliphatic heterocycles. The molecule has 0 aliphatic rings. The lowest BCUT2D eigenvalue weighted by Crippen LogP contribution is -2.25. The van der Waals surface area contributed by atoms with E-state index >= 15 is 0 Å². The molecule has 0 aliphatic carbocycles. The minimum Gasteiger partial charge on any atom is -0.454 e. The van der Waals surface area contributed by atoms with E-state index in [1.807, 2.05) is 60.7 Å². The topological polar surface area (TPSA) is 212 Å². The predicted octanol–water partition coefficient (Wildman–Crippen LogP) is 12.5. The summed E-state index contributed by atoms with van der Waals surface area (Å²) in [4.78, 5) is 74.4. The Balaban J connectivity index is 0.000000210. The number of anilines is 1. The fraction of sp³-hybridized carbons (Fsp3) is 0.0635. The molecule has 0 fully saturated rings. The SMILES string of the molecule is C=CCn1cc(-c2ccc(F)cc2)c(=O)c(C(=O)Cc2ccc(Oc3ccnc(N)c3Cl)cn2)n1.C=CCn1cc(-c2ccc(F)cc2)c(=O)c(C(=O)Cc2ccc(Oc3ccnc(N=C(c4ccccc4)c4ccccc4)c3Cl)cn2)n1. The first-order valence-corrected chi connectivity index (χ1v) is 26.0. The summed E-state index contributed by atoms with van der Waals surface area (Å²) in [6.45, 7) is 7.92. The van der Waals surface area contributed by atoms with Gasteiger partial charge in [-0.3, -0.25) is 38.5 Å². The number of aromatic nitrogens is 8. The van der Waals surface area contributed by atoms with Crippen molar-refractivity contribution in [3.05, 3.63) is 284 Å². The number of allylic oxidation sites excluding steroid dienone is 2. The van der Waals surface area contributed by atoms with Crippen molar-refractivity contribution in [3.8, 4) is 45.3 Å². The maximum Gasteiger partial charge on any atom is 0.219 e. The molecule has 83 heavy (non-hydrogen) atoms. The van der Waals surface area contributed by atoms with E-state index in [0.717, 1.165) is 11.1 Å². The normalized spacial score (nSPS) is 10.7. The van der Waals surface area contributed by atoms with Gasteiger partial charge in [-0.2, -0.15) is 10.2 Å². The Morgan fingerprint density at radius 3 is 1.42 bits per heavy atom. The lowest BCUT2D eigenvalue weighted by molar-refractivity contribution is 0.0975. The molecular weight excluding hydrogens is 1100 g/mol. The molecule has 0 saturated heterocycles. The summed E-state index contributed by atoms with van der Waals surface area (Å²) in [5.74, 6) is -0.105. The van der Waals surface area contributed by atoms with E-state index < -0.39 is 34.1 Å². The third-order valence-electron chi connectivity index (χ3n) is 12.2. The highest BCUT2D eigenvalue weighted by atomic mass is 35.5. The van der Waals surface area contributed by atoms with Gasteiger partial charge >= 0.3 is 0 Å². The van der Waals surface area contributed by atoms with Crippen LogP contribution in [0, 0.1) is 11.6 Å². The molecule has 0 unspecified atom stereocenters. The summed E-state index contributed by atoms with van der Waals surface area (Å²) < 4.78 is 41.4. The first-order chi connectivity index (χ1) is 40.2. The van der Waals surface area contributed by atoms with Crippen molar-refractivity contribution in [1.29, 1.82) is 0 Å². The average molecular weight is 1150 g/mol. The highest BCUT2D eigenvalue weighted by Crippen LogP contribution is 2.36. The number of carbonyl (C=O) groups excluding carboxylic acids is 2. The molecule has 0 bridgehead atoms. The van der Waals surface area contributed by atoms with Crippen LogP contribution in [0.2, 0.25) is 10.0 Å². The highest BCUT2D eigenvalue weighted by molar-refractivity contribution is 6.34. The molecule has 2 N–H and O–H groups in total. The van der Waals surface area contributed by atoms with Gasteiger partial charge in [-0.1, -0.05) is 120 Å². The Kier molecular flexibility index (Phi) is 18.4. The number of hydrogen-bond acceptors (Lipinski definition) is 14. The fourth-order valence-corrected chi connectivity index (χ4v) is 8.49. The van der Waals surface area contributed by atoms with E-state index in [1.54, 1.807) is 54.7 Å². The molecule has 0 saturated carbocycles. The van der Waals surface area contributed by atoms with Crippen molar-refractivity contribution in [1.82, 2.24) is 39.5 Å². The molecule has 4 aromatic carbocycles. The van der Waals surface area contributed by atoms with Crippen LogP contribution in [0.3, 0.4) is 0 Å². The number of benzene rings is 4. The molecule has 10 rings (SSSR count). The zero-order valence-electron chi connectivity index (χ0n) is 43.8. The van der Waals surface area contributed by atoms with Crippen LogP contribution < -0.4 is 26.1 Å². The summed E-state index contributed by atoms with van der Waals surface area (Å²) in [6.07, 6.45) is 11.8. The number of nitrogens with zero attached hydrogens (tertiary/aromatic N) is 9. The maximum atomic E-state index is 13.5. The largest absolute Gasteiger partial charge is 0.454 e. The average Bonchev–Trinajstić information content (AvgIpc) is 3.66. The molecule has 0 atom stereocenters. The lowest BCUT2D eigenvalue weighted by Gasteiger charge is -2.11. The van der Waals surface area contributed by atoms with E-state index in [1.165, 1.54) is 88.9 Å². The minimum atomic E-state index is -0.555. The van der Waals surface area contributed by atoms with Gasteiger partial charge in [-0.05, 0) is 59.7 Å². The smallest absolute Gasteiger partial charge is 0.219 e. The summed E-state index contributed by atoms with van der Waals surface area (Å²) in [5.41, 5.74) is 8.79. The fourth-order valence-electron chi connectivity index (χ4n) is 8.15. The number of hydrogen-bond donors (Lipinski definition) is 1. The Bertz CT molecular complexity index is 4110. The summed E-state index contributed by atoms with van der Waals surface area (Å²) >= 11 is 12.8. The standard InChI is InChI=1S/C38H27ClFN5O3.C25H19ClFN5O3/c1-2-21-45-24-31(25-13-15-28(40)16-14-25)37(47)36(44-45)32(46)22-29-17-18-30(23-42-29)48-33-19-20-41-38(34(33)39)43-35(26-9-5-3-6-10-26)27-11-7-4-8-12-27;1-2-11-32-14-19(15-3-5-16(27)6-4-15)24(34)23(31-32)20(33)12-17-7-8-18(13-30-17)35-21-9-10-29-25(28)22(21)26/h2-20,23-24H,1,21-22H2;2-10,13-14H,1,11-12H2,(H2,28,29). The Labute approximate surface area is 483 Å². The quantitative estimate of drug-likeness (QED) is 0.0454. The first kappa shape index (κ1) is 57.3. The number of carbonyl (C=O) groups is 2. The van der Waals surface area contributed by atoms with Gasteiger partial charge in [0.15, 0.2) is 40.3 Å². The molecule has 0 amide bonds. The Morgan fingerprint density at radius 2 is 1.00 bits per heavy atom. The van der Waals surface area contributed by atoms with Crippen LogP contribution in [0.4, 0.5) is 20.4 Å². The molecule has 0 spiro atoms. The summed E-state index contributed by atoms with van der Waals surface area (Å²) in [7, 11) is 0. The number of Topliss-reactive ketones (excluding diaryl/α,β-unsaturated/α-hetero) is 2. The third-order valence-corrected chi connectivity index (χ3v) is 12.9. The molecule has 16 nitrogen and oxygen atoms in total. The number of halogens is 4. The number of aliphatic imine (C=N–C) groups is 1. The minimum absolute atomic E-state index is 0.136. The number of ketones is 2. The van der Waals surface area contributed by atoms with E-state index in [0.29, 0.717) is 51.2 Å². The first-order valence-electron chi connectivity index (χ1n) is 25.3. The van der Waals surface area contributed by atoms with Gasteiger partial charge in [0.05, 0.1) is 44.0 Å². The van der Waals surface area contributed by atoms with Crippen LogP contribution >= 0.6 is 23.2 Å². The molecular formula is C63H46Cl2F2N10O6. The molecule has 412 valence electrons. The second-order valence-electron chi connectivity index (χ2n) is 18.0. The van der Waals surface area contributed by atoms with Gasteiger partial charge in [-0.25, -0.2) is 23.7 Å². The number of nitrogens with two attached hydrogens (primary N) is 1. The Hall–Kier alpha value is -10.4. The number of nitrogen functional groups attached to an aromatic ring is 1. The van der Waals surface area contributed by atoms with Crippen molar-refractivity contribution in [2.45, 2.75) is 25.9 Å². The van der Waals surface area contributed by atoms with Crippen molar-refractivity contribution in [2.24, 2.45) is 4.99 Å². The molecule has 0 radical (unpaired) electrons. The van der Waals surface area contributed by atoms with E-state index in [4.69, 9.17) is 43.4 Å². The van der Waals surface area contributed by atoms with Crippen molar-refractivity contribution in [2.75, 3.05) is 5.73 Å². The number of rotatable bonds is 19. The maximum absolute atomic E-state index is 13.5. The van der Waals surface area contributed by atoms with Gasteiger partial charge in [0.2, 0.25) is 10.9 Å². The number of ether oxygens (including phenoxy) is 2. The van der Waals surface area contributed by atoms with Crippen LogP contribution in [0.15, 0.2) is 223 Å². The molecule has 10 aromatic rings. The van der Waals surface area contributed by atoms with Crippen LogP contribution in [-0.2, 0) is 25.9 Å². The van der Waals surface area contributed by atoms with E-state index in [2.05, 4.69) is 43.3 Å². The highest BCUT2D eigenvalue weighted by Gasteiger charge is 2.22. The summed E-state index contributed by atoms with van der Waals surface area (Å²) in [6, 6.07) is 40.0. The van der Waals surface area contributed by atoms with Gasteiger partial charge in [0.25, 0.3) is 0 Å². The van der Waals surface area contributed by atoms with Crippen LogP contribution in [0.1, 0.15) is 43.5 Å². The van der Waals surface area contributed by atoms with Crippen molar-refractivity contribution < 1.29 is 27.8 Å². The lowest BCUT2D eigenvalue weighted by atomic mass is 10.0. The van der Waals surface area contributed by atoms with Crippen molar-refractivity contribution >= 4 is 52.1 Å². The van der Waals surface area contributed by atoms with Gasteiger partial charge < -0.3 is 15.2 Å². The number of pyridine rings is 4. The van der Waals surface area contributed by atoms with Gasteiger partial charge in [0, 0.05) is 70.6 Å². The van der Waals surface area contributed by atoms with Crippen molar-refractivity contribution in [3.63, 3.8) is 0 Å². The van der Waals surface area contributed by atoms with Gasteiger partial charge in [0.1, 0.15) is 39.0 Å². The van der Waals surface area contributed by atoms with E-state index in [-0.39, 0.29) is 70.1 Å². The second kappa shape index (κ2) is 26.7. The predicted molar refractivity (Wildman–Crippen MR) is 314 cm³/mol. The molecule has 20 heteroatoms. The Morgan fingerprint density at radius 1 is 0.566 bits per heavy atom. The zero-order valence-corrected chi connectivity index (χ0v) is 45.3. The summed E-state index contributed by atoms with van der Waals surface area (Å²) in [5, 5.41) is 8.80. The van der Waals surface area contributed by atoms with Gasteiger partial charge in [-0.15, -0.1) is 13.2 Å². The second-order valence-corrected chi connectivity index (χ2v) is 18.8.